The van der Waals surface area contributed by atoms with Crippen LogP contribution in [0.3, 0.4) is 0 Å². The first kappa shape index (κ1) is 15.3. The van der Waals surface area contributed by atoms with E-state index in [9.17, 15) is 9.59 Å². The van der Waals surface area contributed by atoms with Crippen LogP contribution >= 0.6 is 0 Å². The van der Waals surface area contributed by atoms with E-state index in [1.165, 1.54) is 0 Å². The van der Waals surface area contributed by atoms with Gasteiger partial charge in [-0.05, 0) is 37.5 Å². The van der Waals surface area contributed by atoms with E-state index < -0.39 is 0 Å². The predicted octanol–water partition coefficient (Wildman–Crippen LogP) is 2.61. The molecular formula is C16H27NO3. The first-order valence-electron chi connectivity index (χ1n) is 7.82. The van der Waals surface area contributed by atoms with Gasteiger partial charge >= 0.3 is 5.97 Å². The van der Waals surface area contributed by atoms with Gasteiger partial charge in [0.15, 0.2) is 0 Å². The van der Waals surface area contributed by atoms with Gasteiger partial charge in [-0.2, -0.15) is 0 Å². The highest BCUT2D eigenvalue weighted by Gasteiger charge is 2.36. The van der Waals surface area contributed by atoms with Crippen molar-refractivity contribution in [3.63, 3.8) is 0 Å². The lowest BCUT2D eigenvalue weighted by atomic mass is 9.93. The van der Waals surface area contributed by atoms with Gasteiger partial charge in [-0.15, -0.1) is 0 Å². The molecule has 0 bridgehead atoms. The molecule has 1 aliphatic carbocycles. The number of nitrogens with zero attached hydrogens (tertiary/aromatic N) is 1. The molecule has 2 rings (SSSR count). The topological polar surface area (TPSA) is 46.6 Å². The second-order valence-electron chi connectivity index (χ2n) is 7.35. The maximum atomic E-state index is 12.0. The molecule has 20 heavy (non-hydrogen) atoms. The van der Waals surface area contributed by atoms with Crippen LogP contribution in [0.5, 0.6) is 0 Å². The van der Waals surface area contributed by atoms with Crippen molar-refractivity contribution in [2.45, 2.75) is 52.9 Å². The molecule has 1 amide bonds. The Morgan fingerprint density at radius 3 is 2.15 bits per heavy atom. The molecule has 0 aromatic rings. The smallest absolute Gasteiger partial charge is 0.309 e. The summed E-state index contributed by atoms with van der Waals surface area (Å²) in [6, 6.07) is 0. The number of carbonyl (C=O) groups excluding carboxylic acids is 2. The largest absolute Gasteiger partial charge is 0.465 e. The molecule has 1 saturated heterocycles. The number of amides is 1. The van der Waals surface area contributed by atoms with Crippen molar-refractivity contribution in [2.75, 3.05) is 19.7 Å². The first-order valence-corrected chi connectivity index (χ1v) is 7.82. The van der Waals surface area contributed by atoms with Crippen LogP contribution in [-0.4, -0.2) is 36.5 Å². The van der Waals surface area contributed by atoms with Gasteiger partial charge in [0, 0.05) is 19.0 Å². The summed E-state index contributed by atoms with van der Waals surface area (Å²) in [5, 5.41) is 0. The third kappa shape index (κ3) is 4.50. The highest BCUT2D eigenvalue weighted by Crippen LogP contribution is 2.32. The average molecular weight is 281 g/mol. The van der Waals surface area contributed by atoms with Gasteiger partial charge in [-0.3, -0.25) is 9.59 Å². The number of likely N-dealkylation sites (tertiary alicyclic amines) is 1. The molecule has 0 unspecified atom stereocenters. The Morgan fingerprint density at radius 1 is 1.05 bits per heavy atom. The number of rotatable bonds is 4. The van der Waals surface area contributed by atoms with E-state index in [2.05, 4.69) is 20.8 Å². The molecule has 1 saturated carbocycles. The zero-order chi connectivity index (χ0) is 14.8. The molecule has 4 heteroatoms. The van der Waals surface area contributed by atoms with Crippen LogP contribution < -0.4 is 0 Å². The summed E-state index contributed by atoms with van der Waals surface area (Å²) in [6.45, 7) is 8.36. The maximum Gasteiger partial charge on any atom is 0.309 e. The highest BCUT2D eigenvalue weighted by atomic mass is 16.5. The monoisotopic (exact) mass is 281 g/mol. The quantitative estimate of drug-likeness (QED) is 0.744. The van der Waals surface area contributed by atoms with Crippen molar-refractivity contribution in [3.05, 3.63) is 0 Å². The van der Waals surface area contributed by atoms with Crippen LogP contribution in [0.15, 0.2) is 0 Å². The van der Waals surface area contributed by atoms with Crippen molar-refractivity contribution in [1.82, 2.24) is 4.90 Å². The molecule has 0 radical (unpaired) electrons. The first-order chi connectivity index (χ1) is 9.37. The van der Waals surface area contributed by atoms with Crippen molar-refractivity contribution in [3.8, 4) is 0 Å². The fourth-order valence-corrected chi connectivity index (χ4v) is 2.50. The van der Waals surface area contributed by atoms with Crippen LogP contribution in [0, 0.1) is 17.3 Å². The zero-order valence-corrected chi connectivity index (χ0v) is 13.0. The Bertz CT molecular complexity index is 360. The third-order valence-electron chi connectivity index (χ3n) is 4.16. The number of hydrogen-bond donors (Lipinski definition) is 0. The molecule has 114 valence electrons. The normalized spacial score (nSPS) is 20.9. The number of piperidine rings is 1. The number of esters is 1. The Balaban J connectivity index is 1.67. The summed E-state index contributed by atoms with van der Waals surface area (Å²) in [5.74, 6) is 0.487. The van der Waals surface area contributed by atoms with Gasteiger partial charge in [0.05, 0.1) is 12.5 Å². The van der Waals surface area contributed by atoms with E-state index in [-0.39, 0.29) is 23.2 Å². The summed E-state index contributed by atoms with van der Waals surface area (Å²) >= 11 is 0. The zero-order valence-electron chi connectivity index (χ0n) is 13.0. The second-order valence-corrected chi connectivity index (χ2v) is 7.35. The van der Waals surface area contributed by atoms with Gasteiger partial charge in [0.1, 0.15) is 0 Å². The van der Waals surface area contributed by atoms with Crippen LogP contribution in [-0.2, 0) is 14.3 Å². The molecule has 2 aliphatic rings. The van der Waals surface area contributed by atoms with E-state index in [4.69, 9.17) is 4.74 Å². The fraction of sp³-hybridized carbons (Fsp3) is 0.875. The van der Waals surface area contributed by atoms with Crippen LogP contribution in [0.1, 0.15) is 52.9 Å². The molecule has 1 aliphatic heterocycles. The van der Waals surface area contributed by atoms with Gasteiger partial charge in [0.25, 0.3) is 0 Å². The summed E-state index contributed by atoms with van der Waals surface area (Å²) in [6.07, 6.45) is 4.50. The Kier molecular flexibility index (Phi) is 4.71. The van der Waals surface area contributed by atoms with E-state index in [0.29, 0.717) is 25.6 Å². The molecular weight excluding hydrogens is 254 g/mol. The Morgan fingerprint density at radius 2 is 1.65 bits per heavy atom. The lowest BCUT2D eigenvalue weighted by Gasteiger charge is -2.31. The molecule has 1 heterocycles. The minimum absolute atomic E-state index is 0.0155. The summed E-state index contributed by atoms with van der Waals surface area (Å²) in [7, 11) is 0. The Labute approximate surface area is 121 Å². The predicted molar refractivity (Wildman–Crippen MR) is 77.1 cm³/mol. The third-order valence-corrected chi connectivity index (χ3v) is 4.16. The van der Waals surface area contributed by atoms with Gasteiger partial charge < -0.3 is 9.64 Å². The molecule has 0 atom stereocenters. The minimum Gasteiger partial charge on any atom is -0.465 e. The molecule has 4 nitrogen and oxygen atoms in total. The standard InChI is InChI=1S/C16H27NO3/c1-16(2,3)8-11-20-15(19)13-6-9-17(10-7-13)14(18)12-4-5-12/h12-13H,4-11H2,1-3H3. The summed E-state index contributed by atoms with van der Waals surface area (Å²) < 4.78 is 5.37. The summed E-state index contributed by atoms with van der Waals surface area (Å²) in [5.41, 5.74) is 0.195. The van der Waals surface area contributed by atoms with Crippen LogP contribution in [0.4, 0.5) is 0 Å². The van der Waals surface area contributed by atoms with E-state index in [0.717, 1.165) is 32.1 Å². The maximum absolute atomic E-state index is 12.0. The molecule has 0 aromatic carbocycles. The highest BCUT2D eigenvalue weighted by molar-refractivity contribution is 5.81. The van der Waals surface area contributed by atoms with Crippen molar-refractivity contribution >= 4 is 11.9 Å². The van der Waals surface area contributed by atoms with Crippen LogP contribution in [0.2, 0.25) is 0 Å². The van der Waals surface area contributed by atoms with Crippen molar-refractivity contribution in [1.29, 1.82) is 0 Å². The number of hydrogen-bond acceptors (Lipinski definition) is 3. The molecule has 0 aromatic heterocycles. The number of ether oxygens (including phenoxy) is 1. The minimum atomic E-state index is -0.0761. The van der Waals surface area contributed by atoms with E-state index in [1.54, 1.807) is 0 Å². The van der Waals surface area contributed by atoms with Gasteiger partial charge in [-0.1, -0.05) is 20.8 Å². The van der Waals surface area contributed by atoms with Crippen molar-refractivity contribution in [2.24, 2.45) is 17.3 Å². The second kappa shape index (κ2) is 6.15. The molecule has 0 N–H and O–H groups in total. The van der Waals surface area contributed by atoms with Gasteiger partial charge in [0.2, 0.25) is 5.91 Å². The fourth-order valence-electron chi connectivity index (χ4n) is 2.50. The van der Waals surface area contributed by atoms with Crippen LogP contribution in [0.25, 0.3) is 0 Å². The Hall–Kier alpha value is -1.06. The van der Waals surface area contributed by atoms with E-state index in [1.807, 2.05) is 4.90 Å². The number of carbonyl (C=O) groups is 2. The van der Waals surface area contributed by atoms with Crippen molar-refractivity contribution < 1.29 is 14.3 Å². The average Bonchev–Trinajstić information content (AvgIpc) is 3.21. The lowest BCUT2D eigenvalue weighted by Crippen LogP contribution is -2.41. The summed E-state index contributed by atoms with van der Waals surface area (Å²) in [4.78, 5) is 25.8. The lowest BCUT2D eigenvalue weighted by molar-refractivity contribution is -0.152. The van der Waals surface area contributed by atoms with Gasteiger partial charge in [-0.25, -0.2) is 0 Å². The SMILES string of the molecule is CC(C)(C)CCOC(=O)C1CCN(C(=O)C2CC2)CC1. The van der Waals surface area contributed by atoms with E-state index >= 15 is 0 Å². The molecule has 2 fully saturated rings. The molecule has 0 spiro atoms.